The smallest absolute Gasteiger partial charge is 0.338 e. The Kier molecular flexibility index (Phi) is 3.82. The Balaban J connectivity index is 1.57. The highest BCUT2D eigenvalue weighted by Crippen LogP contribution is 2.70. The minimum absolute atomic E-state index is 0.247. The van der Waals surface area contributed by atoms with Crippen molar-refractivity contribution in [3.05, 3.63) is 35.9 Å². The first-order chi connectivity index (χ1) is 13.5. The summed E-state index contributed by atoms with van der Waals surface area (Å²) in [6, 6.07) is 5.00. The molecule has 0 radical (unpaired) electrons. The largest absolute Gasteiger partial charge is 0.493 e. The van der Waals surface area contributed by atoms with Crippen LogP contribution in [0.1, 0.15) is 17.5 Å². The third-order valence-corrected chi connectivity index (χ3v) is 7.32. The molecule has 1 saturated heterocycles. The molecule has 5 rings (SSSR count). The predicted molar refractivity (Wildman–Crippen MR) is 99.4 cm³/mol. The van der Waals surface area contributed by atoms with Gasteiger partial charge in [0, 0.05) is 29.0 Å². The fourth-order valence-electron chi connectivity index (χ4n) is 6.08. The lowest BCUT2D eigenvalue weighted by Crippen LogP contribution is -2.82. The van der Waals surface area contributed by atoms with Crippen molar-refractivity contribution in [3.63, 3.8) is 0 Å². The number of piperidine rings is 1. The number of ether oxygens (including phenoxy) is 3. The molecule has 2 aliphatic carbocycles. The average molecular weight is 387 g/mol. The maximum atomic E-state index is 12.1. The number of aliphatic hydroxyl groups is 2. The Morgan fingerprint density at radius 1 is 1.50 bits per heavy atom. The molecule has 2 heterocycles. The monoisotopic (exact) mass is 387 g/mol. The van der Waals surface area contributed by atoms with Gasteiger partial charge in [-0.15, -0.1) is 0 Å². The predicted octanol–water partition coefficient (Wildman–Crippen LogP) is 0.404. The summed E-state index contributed by atoms with van der Waals surface area (Å²) in [6.45, 7) is 3.16. The lowest BCUT2D eigenvalue weighted by atomic mass is 9.41. The summed E-state index contributed by atoms with van der Waals surface area (Å²) in [6.07, 6.45) is 0.721. The van der Waals surface area contributed by atoms with E-state index in [-0.39, 0.29) is 5.41 Å². The van der Waals surface area contributed by atoms with Crippen molar-refractivity contribution in [3.8, 4) is 11.5 Å². The van der Waals surface area contributed by atoms with Gasteiger partial charge in [0.25, 0.3) is 0 Å². The molecule has 2 unspecified atom stereocenters. The molecule has 1 spiro atoms. The van der Waals surface area contributed by atoms with Crippen LogP contribution >= 0.6 is 0 Å². The molecule has 150 valence electrons. The van der Waals surface area contributed by atoms with Crippen molar-refractivity contribution in [1.29, 1.82) is 0 Å². The van der Waals surface area contributed by atoms with E-state index >= 15 is 0 Å². The van der Waals surface area contributed by atoms with Crippen LogP contribution < -0.4 is 9.47 Å². The fraction of sp³-hybridized carbons (Fsp3) is 0.571. The molecule has 0 aromatic heterocycles. The van der Waals surface area contributed by atoms with E-state index in [0.29, 0.717) is 23.8 Å². The van der Waals surface area contributed by atoms with Gasteiger partial charge < -0.3 is 24.4 Å². The summed E-state index contributed by atoms with van der Waals surface area (Å²) in [5.74, 6) is 0.985. The lowest BCUT2D eigenvalue weighted by molar-refractivity contribution is -0.208. The third kappa shape index (κ3) is 1.97. The molecule has 2 aliphatic heterocycles. The first-order valence-electron chi connectivity index (χ1n) is 9.68. The second kappa shape index (κ2) is 5.95. The van der Waals surface area contributed by atoms with Crippen LogP contribution in [-0.2, 0) is 21.4 Å². The van der Waals surface area contributed by atoms with E-state index in [2.05, 4.69) is 24.6 Å². The van der Waals surface area contributed by atoms with Gasteiger partial charge in [-0.05, 0) is 37.6 Å². The molecule has 1 aromatic carbocycles. The number of carbonyl (C=O) groups is 1. The van der Waals surface area contributed by atoms with Gasteiger partial charge in [-0.25, -0.2) is 4.79 Å². The Hall–Kier alpha value is -2.09. The maximum absolute atomic E-state index is 12.1. The van der Waals surface area contributed by atoms with Gasteiger partial charge in [0.05, 0.1) is 13.7 Å². The van der Waals surface area contributed by atoms with E-state index in [0.717, 1.165) is 18.6 Å². The summed E-state index contributed by atoms with van der Waals surface area (Å²) in [4.78, 5) is 14.6. The number of benzene rings is 1. The molecule has 7 heteroatoms. The molecular formula is C21H25NO6. The van der Waals surface area contributed by atoms with Crippen molar-refractivity contribution in [2.24, 2.45) is 5.92 Å². The number of carbonyl (C=O) groups excluding carboxylic acids is 1. The van der Waals surface area contributed by atoms with Crippen LogP contribution in [0.15, 0.2) is 24.8 Å². The summed E-state index contributed by atoms with van der Waals surface area (Å²) in [7, 11) is 3.79. The molecule has 0 bridgehead atoms. The van der Waals surface area contributed by atoms with Crippen molar-refractivity contribution in [2.45, 2.75) is 48.7 Å². The molecular weight excluding hydrogens is 362 g/mol. The van der Waals surface area contributed by atoms with Crippen LogP contribution in [0, 0.1) is 5.92 Å². The number of hydrogen-bond donors (Lipinski definition) is 2. The SMILES string of the molecule is C=C[C@H](OC(=O)C(O)CO)[C@@H]1Oc2c(OC)ccc3c2[C@@]12CC1[C@H]2[C@@H](C3)N1C. The first-order valence-corrected chi connectivity index (χ1v) is 9.68. The van der Waals surface area contributed by atoms with E-state index in [1.54, 1.807) is 13.2 Å². The van der Waals surface area contributed by atoms with E-state index in [1.165, 1.54) is 11.1 Å². The molecule has 2 N–H and O–H groups in total. The fourth-order valence-corrected chi connectivity index (χ4v) is 6.08. The number of methoxy groups -OCH3 is 1. The van der Waals surface area contributed by atoms with Crippen molar-refractivity contribution < 1.29 is 29.2 Å². The molecule has 2 fully saturated rings. The van der Waals surface area contributed by atoms with Gasteiger partial charge in [-0.2, -0.15) is 0 Å². The summed E-state index contributed by atoms with van der Waals surface area (Å²) < 4.78 is 17.5. The average Bonchev–Trinajstić information content (AvgIpc) is 3.05. The number of likely N-dealkylation sites (N-methyl/N-ethyl adjacent to an activating group) is 1. The number of hydrogen-bond acceptors (Lipinski definition) is 7. The highest BCUT2D eigenvalue weighted by Gasteiger charge is 2.75. The van der Waals surface area contributed by atoms with Crippen LogP contribution in [0.4, 0.5) is 0 Å². The Bertz CT molecular complexity index is 856. The number of nitrogens with zero attached hydrogens (tertiary/aromatic N) is 1. The van der Waals surface area contributed by atoms with Crippen molar-refractivity contribution in [2.75, 3.05) is 20.8 Å². The minimum atomic E-state index is -1.57. The van der Waals surface area contributed by atoms with E-state index in [1.807, 2.05) is 6.07 Å². The lowest BCUT2D eigenvalue weighted by Gasteiger charge is -2.72. The van der Waals surface area contributed by atoms with Gasteiger partial charge in [-0.1, -0.05) is 12.6 Å². The van der Waals surface area contributed by atoms with Crippen molar-refractivity contribution >= 4 is 5.97 Å². The first kappa shape index (κ1) is 18.0. The zero-order valence-electron chi connectivity index (χ0n) is 16.0. The van der Waals surface area contributed by atoms with E-state index < -0.39 is 30.9 Å². The van der Waals surface area contributed by atoms with Crippen molar-refractivity contribution in [1.82, 2.24) is 4.90 Å². The number of rotatable bonds is 6. The summed E-state index contributed by atoms with van der Waals surface area (Å²) in [5, 5.41) is 18.7. The number of likely N-dealkylation sites (tertiary alicyclic amines) is 1. The van der Waals surface area contributed by atoms with Crippen LogP contribution in [0.5, 0.6) is 11.5 Å². The second-order valence-electron chi connectivity index (χ2n) is 8.28. The summed E-state index contributed by atoms with van der Waals surface area (Å²) in [5.41, 5.74) is 2.20. The zero-order valence-corrected chi connectivity index (χ0v) is 16.0. The molecule has 0 amide bonds. The molecule has 1 aromatic rings. The van der Waals surface area contributed by atoms with Gasteiger partial charge in [0.2, 0.25) is 0 Å². The van der Waals surface area contributed by atoms with Gasteiger partial charge >= 0.3 is 5.97 Å². The minimum Gasteiger partial charge on any atom is -0.493 e. The Morgan fingerprint density at radius 3 is 2.96 bits per heavy atom. The number of aliphatic hydroxyl groups excluding tert-OH is 2. The number of esters is 1. The molecule has 4 aliphatic rings. The topological polar surface area (TPSA) is 88.5 Å². The van der Waals surface area contributed by atoms with Gasteiger partial charge in [0.15, 0.2) is 23.7 Å². The molecule has 7 atom stereocenters. The Morgan fingerprint density at radius 2 is 2.29 bits per heavy atom. The highest BCUT2D eigenvalue weighted by molar-refractivity contribution is 5.75. The van der Waals surface area contributed by atoms with Crippen LogP contribution in [-0.4, -0.2) is 72.2 Å². The zero-order chi connectivity index (χ0) is 19.8. The third-order valence-electron chi connectivity index (χ3n) is 7.32. The van der Waals surface area contributed by atoms with Gasteiger partial charge in [0.1, 0.15) is 6.10 Å². The maximum Gasteiger partial charge on any atom is 0.338 e. The normalized spacial score (nSPS) is 36.0. The molecule has 28 heavy (non-hydrogen) atoms. The van der Waals surface area contributed by atoms with Crippen LogP contribution in [0.2, 0.25) is 0 Å². The standard InChI is InChI=1S/C21H25NO6/c1-4-14(27-20(25)13(24)9-23)19-21-8-12-17(21)11(22(12)2)7-10-5-6-15(26-3)18(28-19)16(10)21/h4-6,11-14,17,19,23-24H,1,7-9H2,2-3H3/t11-,12?,13?,14+,17-,19+,21-/m1/s1. The second-order valence-corrected chi connectivity index (χ2v) is 8.28. The van der Waals surface area contributed by atoms with Crippen LogP contribution in [0.25, 0.3) is 0 Å². The van der Waals surface area contributed by atoms with E-state index in [9.17, 15) is 9.90 Å². The highest BCUT2D eigenvalue weighted by atomic mass is 16.6. The quantitative estimate of drug-likeness (QED) is 0.540. The molecule has 7 nitrogen and oxygen atoms in total. The Labute approximate surface area is 163 Å². The van der Waals surface area contributed by atoms with E-state index in [4.69, 9.17) is 19.3 Å². The van der Waals surface area contributed by atoms with Crippen LogP contribution in [0.3, 0.4) is 0 Å². The van der Waals surface area contributed by atoms with Gasteiger partial charge in [-0.3, -0.25) is 4.90 Å². The summed E-state index contributed by atoms with van der Waals surface area (Å²) >= 11 is 0. The molecule has 1 saturated carbocycles.